The van der Waals surface area contributed by atoms with Crippen LogP contribution in [0.1, 0.15) is 49.8 Å². The minimum absolute atomic E-state index is 0.0693. The molecule has 0 aliphatic rings. The lowest BCUT2D eigenvalue weighted by Crippen LogP contribution is -2.52. The smallest absolute Gasteiger partial charge is 0.244 e. The van der Waals surface area contributed by atoms with Crippen LogP contribution in [0.5, 0.6) is 0 Å². The Bertz CT molecular complexity index is 1190. The van der Waals surface area contributed by atoms with Gasteiger partial charge in [0, 0.05) is 13.1 Å². The van der Waals surface area contributed by atoms with Crippen molar-refractivity contribution < 1.29 is 18.0 Å². The third-order valence-corrected chi connectivity index (χ3v) is 7.94. The second-order valence-electron chi connectivity index (χ2n) is 8.83. The minimum atomic E-state index is -3.79. The van der Waals surface area contributed by atoms with Gasteiger partial charge in [-0.3, -0.25) is 13.9 Å². The van der Waals surface area contributed by atoms with E-state index in [4.69, 9.17) is 23.2 Å². The van der Waals surface area contributed by atoms with E-state index in [0.29, 0.717) is 34.3 Å². The Balaban J connectivity index is 2.47. The number of hydrogen-bond acceptors (Lipinski definition) is 4. The molecular weight excluding hydrogens is 521 g/mol. The van der Waals surface area contributed by atoms with Gasteiger partial charge in [-0.05, 0) is 61.6 Å². The van der Waals surface area contributed by atoms with Gasteiger partial charge in [0.25, 0.3) is 0 Å². The first-order chi connectivity index (χ1) is 16.9. The fourth-order valence-corrected chi connectivity index (χ4v) is 5.08. The standard InChI is InChI=1S/C26H35Cl2N3O4S/c1-6-8-14-29-26(33)23(7-2)30(16-20-12-13-21(27)22(28)15-20)25(32)17-31(36(5,34)35)24-11-9-10-18(3)19(24)4/h9-13,15,23H,6-8,14,16-17H2,1-5H3,(H,29,33)/t23-/m1/s1. The van der Waals surface area contributed by atoms with Crippen LogP contribution in [0.2, 0.25) is 10.0 Å². The highest BCUT2D eigenvalue weighted by Crippen LogP contribution is 2.27. The molecule has 0 bridgehead atoms. The first-order valence-corrected chi connectivity index (χ1v) is 14.6. The summed E-state index contributed by atoms with van der Waals surface area (Å²) in [4.78, 5) is 28.2. The van der Waals surface area contributed by atoms with Crippen molar-refractivity contribution in [3.63, 3.8) is 0 Å². The molecule has 2 rings (SSSR count). The molecule has 0 aliphatic carbocycles. The topological polar surface area (TPSA) is 86.8 Å². The van der Waals surface area contributed by atoms with Crippen molar-refractivity contribution in [2.45, 2.75) is 59.5 Å². The van der Waals surface area contributed by atoms with Crippen LogP contribution in [-0.2, 0) is 26.2 Å². The van der Waals surface area contributed by atoms with Crippen LogP contribution in [0.25, 0.3) is 0 Å². The molecule has 0 saturated heterocycles. The number of unbranched alkanes of at least 4 members (excludes halogenated alkanes) is 1. The Morgan fingerprint density at radius 3 is 2.33 bits per heavy atom. The van der Waals surface area contributed by atoms with Crippen molar-refractivity contribution in [1.82, 2.24) is 10.2 Å². The quantitative estimate of drug-likeness (QED) is 0.369. The van der Waals surface area contributed by atoms with Crippen LogP contribution in [0.4, 0.5) is 5.69 Å². The monoisotopic (exact) mass is 555 g/mol. The molecule has 1 atom stereocenters. The normalized spacial score (nSPS) is 12.2. The fourth-order valence-electron chi connectivity index (χ4n) is 3.86. The van der Waals surface area contributed by atoms with Gasteiger partial charge in [-0.1, -0.05) is 61.7 Å². The molecule has 36 heavy (non-hydrogen) atoms. The number of nitrogens with one attached hydrogen (secondary N) is 1. The second kappa shape index (κ2) is 13.3. The summed E-state index contributed by atoms with van der Waals surface area (Å²) < 4.78 is 26.7. The third-order valence-electron chi connectivity index (χ3n) is 6.08. The van der Waals surface area contributed by atoms with Gasteiger partial charge in [0.2, 0.25) is 21.8 Å². The number of rotatable bonds is 12. The van der Waals surface area contributed by atoms with E-state index in [1.54, 1.807) is 30.3 Å². The highest BCUT2D eigenvalue weighted by Gasteiger charge is 2.32. The van der Waals surface area contributed by atoms with Crippen LogP contribution >= 0.6 is 23.2 Å². The maximum atomic E-state index is 13.7. The fraction of sp³-hybridized carbons (Fsp3) is 0.462. The predicted molar refractivity (Wildman–Crippen MR) is 147 cm³/mol. The summed E-state index contributed by atoms with van der Waals surface area (Å²) in [6.07, 6.45) is 3.16. The van der Waals surface area contributed by atoms with Crippen LogP contribution in [0.15, 0.2) is 36.4 Å². The first-order valence-electron chi connectivity index (χ1n) is 12.0. The van der Waals surface area contributed by atoms with E-state index in [-0.39, 0.29) is 12.5 Å². The number of sulfonamides is 1. The molecule has 0 saturated carbocycles. The van der Waals surface area contributed by atoms with Crippen molar-refractivity contribution in [2.24, 2.45) is 0 Å². The summed E-state index contributed by atoms with van der Waals surface area (Å²) in [7, 11) is -3.79. The van der Waals surface area contributed by atoms with Crippen LogP contribution < -0.4 is 9.62 Å². The average Bonchev–Trinajstić information content (AvgIpc) is 2.81. The molecule has 2 aromatic rings. The number of anilines is 1. The van der Waals surface area contributed by atoms with E-state index in [1.165, 1.54) is 4.90 Å². The van der Waals surface area contributed by atoms with E-state index >= 15 is 0 Å². The molecule has 1 N–H and O–H groups in total. The molecule has 0 radical (unpaired) electrons. The van der Waals surface area contributed by atoms with Gasteiger partial charge in [0.15, 0.2) is 0 Å². The lowest BCUT2D eigenvalue weighted by molar-refractivity contribution is -0.140. The number of nitrogens with zero attached hydrogens (tertiary/aromatic N) is 2. The summed E-state index contributed by atoms with van der Waals surface area (Å²) in [5, 5.41) is 3.60. The van der Waals surface area contributed by atoms with Crippen molar-refractivity contribution in [3.8, 4) is 0 Å². The summed E-state index contributed by atoms with van der Waals surface area (Å²) in [6, 6.07) is 9.52. The Morgan fingerprint density at radius 2 is 1.75 bits per heavy atom. The number of carbonyl (C=O) groups is 2. The van der Waals surface area contributed by atoms with Crippen LogP contribution in [0.3, 0.4) is 0 Å². The number of halogens is 2. The molecule has 2 aromatic carbocycles. The van der Waals surface area contributed by atoms with E-state index in [1.807, 2.05) is 33.8 Å². The van der Waals surface area contributed by atoms with Gasteiger partial charge in [-0.15, -0.1) is 0 Å². The molecule has 2 amide bonds. The molecule has 0 aliphatic heterocycles. The molecule has 198 valence electrons. The van der Waals surface area contributed by atoms with Crippen molar-refractivity contribution in [3.05, 3.63) is 63.1 Å². The highest BCUT2D eigenvalue weighted by molar-refractivity contribution is 7.92. The van der Waals surface area contributed by atoms with Gasteiger partial charge in [0.1, 0.15) is 12.6 Å². The third kappa shape index (κ3) is 7.85. The summed E-state index contributed by atoms with van der Waals surface area (Å²) in [5.41, 5.74) is 2.77. The largest absolute Gasteiger partial charge is 0.354 e. The summed E-state index contributed by atoms with van der Waals surface area (Å²) in [5.74, 6) is -0.776. The van der Waals surface area contributed by atoms with Crippen LogP contribution in [0, 0.1) is 13.8 Å². The van der Waals surface area contributed by atoms with Crippen molar-refractivity contribution in [1.29, 1.82) is 0 Å². The Hall–Kier alpha value is -2.29. The molecule has 0 heterocycles. The number of benzene rings is 2. The summed E-state index contributed by atoms with van der Waals surface area (Å²) in [6.45, 7) is 7.67. The van der Waals surface area contributed by atoms with E-state index in [9.17, 15) is 18.0 Å². The van der Waals surface area contributed by atoms with Crippen LogP contribution in [-0.4, -0.2) is 50.5 Å². The maximum absolute atomic E-state index is 13.7. The van der Waals surface area contributed by atoms with Gasteiger partial charge in [-0.2, -0.15) is 0 Å². The minimum Gasteiger partial charge on any atom is -0.354 e. The maximum Gasteiger partial charge on any atom is 0.244 e. The lowest BCUT2D eigenvalue weighted by Gasteiger charge is -2.33. The molecular formula is C26H35Cl2N3O4S. The van der Waals surface area contributed by atoms with E-state index < -0.39 is 28.5 Å². The van der Waals surface area contributed by atoms with Crippen molar-refractivity contribution in [2.75, 3.05) is 23.7 Å². The molecule has 0 aromatic heterocycles. The molecule has 0 fully saturated rings. The van der Waals surface area contributed by atoms with Gasteiger partial charge >= 0.3 is 0 Å². The molecule has 7 nitrogen and oxygen atoms in total. The molecule has 0 unspecified atom stereocenters. The van der Waals surface area contributed by atoms with E-state index in [2.05, 4.69) is 5.32 Å². The zero-order chi connectivity index (χ0) is 27.0. The van der Waals surface area contributed by atoms with Gasteiger partial charge in [0.05, 0.1) is 22.0 Å². The second-order valence-corrected chi connectivity index (χ2v) is 11.5. The number of hydrogen-bond donors (Lipinski definition) is 1. The van der Waals surface area contributed by atoms with Gasteiger partial charge < -0.3 is 10.2 Å². The predicted octanol–water partition coefficient (Wildman–Crippen LogP) is 5.10. The SMILES string of the molecule is CCCCNC(=O)[C@@H](CC)N(Cc1ccc(Cl)c(Cl)c1)C(=O)CN(c1cccc(C)c1C)S(C)(=O)=O. The number of aryl methyl sites for hydroxylation is 1. The summed E-state index contributed by atoms with van der Waals surface area (Å²) >= 11 is 12.2. The number of carbonyl (C=O) groups excluding carboxylic acids is 2. The first kappa shape index (κ1) is 29.9. The number of amides is 2. The van der Waals surface area contributed by atoms with Gasteiger partial charge in [-0.25, -0.2) is 8.42 Å². The Labute approximate surface area is 224 Å². The van der Waals surface area contributed by atoms with Crippen molar-refractivity contribution >= 4 is 50.7 Å². The average molecular weight is 557 g/mol. The molecule has 10 heteroatoms. The zero-order valence-electron chi connectivity index (χ0n) is 21.5. The molecule has 0 spiro atoms. The Morgan fingerprint density at radius 1 is 1.06 bits per heavy atom. The Kier molecular flexibility index (Phi) is 11.1. The zero-order valence-corrected chi connectivity index (χ0v) is 23.8. The lowest BCUT2D eigenvalue weighted by atomic mass is 10.1. The highest BCUT2D eigenvalue weighted by atomic mass is 35.5. The van der Waals surface area contributed by atoms with E-state index in [0.717, 1.165) is 34.5 Å².